The van der Waals surface area contributed by atoms with Crippen LogP contribution in [-0.2, 0) is 0 Å². The maximum Gasteiger partial charge on any atom is 0.127 e. The molecular weight excluding hydrogens is 400 g/mol. The summed E-state index contributed by atoms with van der Waals surface area (Å²) in [5.74, 6) is 1.30. The number of hydrogen-bond acceptors (Lipinski definition) is 7. The van der Waals surface area contributed by atoms with Crippen LogP contribution in [0.5, 0.6) is 11.5 Å². The molecule has 0 fully saturated rings. The van der Waals surface area contributed by atoms with E-state index in [1.165, 1.54) is 11.8 Å². The molecule has 0 saturated heterocycles. The molecule has 164 valence electrons. The molecule has 2 aromatic rings. The summed E-state index contributed by atoms with van der Waals surface area (Å²) in [5, 5.41) is 31.4. The number of aliphatic imine (C=N–C) groups is 1. The minimum atomic E-state index is -1.22. The molecule has 6 nitrogen and oxygen atoms in total. The van der Waals surface area contributed by atoms with Gasteiger partial charge in [0.05, 0.1) is 24.9 Å². The number of rotatable bonds is 9. The fourth-order valence-electron chi connectivity index (χ4n) is 2.57. The Bertz CT molecular complexity index is 788. The Hall–Kier alpha value is -2.16. The lowest BCUT2D eigenvalue weighted by atomic mass is 9.92. The second-order valence-corrected chi connectivity index (χ2v) is 7.36. The summed E-state index contributed by atoms with van der Waals surface area (Å²) in [7, 11) is 1.74. The summed E-state index contributed by atoms with van der Waals surface area (Å²) in [6.07, 6.45) is -0.849. The van der Waals surface area contributed by atoms with Gasteiger partial charge in [0.25, 0.3) is 0 Å². The molecule has 0 aliphatic carbocycles. The second kappa shape index (κ2) is 13.2. The van der Waals surface area contributed by atoms with E-state index in [-0.39, 0.29) is 6.42 Å². The Balaban J connectivity index is 0.00000218. The van der Waals surface area contributed by atoms with Crippen molar-refractivity contribution in [2.75, 3.05) is 20.3 Å². The standard InChI is InChI=1S/C21H26N2O4S.C2H6/c1-3-28-20(23-2)16-6-10-18(11-7-16)27-17-8-4-15(5-9-17)19(26)12-21(22,13-24)14-25;1-2/h3-11,19,24-26H,1,12-14,22H2,2H3;1-2H3. The predicted molar refractivity (Wildman–Crippen MR) is 125 cm³/mol. The zero-order chi connectivity index (χ0) is 22.6. The van der Waals surface area contributed by atoms with Crippen LogP contribution >= 0.6 is 11.8 Å². The predicted octanol–water partition coefficient (Wildman–Crippen LogP) is 3.86. The highest BCUT2D eigenvalue weighted by Gasteiger charge is 2.27. The zero-order valence-electron chi connectivity index (χ0n) is 17.8. The largest absolute Gasteiger partial charge is 0.457 e. The molecule has 2 aromatic carbocycles. The number of benzene rings is 2. The molecule has 0 aliphatic rings. The smallest absolute Gasteiger partial charge is 0.127 e. The van der Waals surface area contributed by atoms with Gasteiger partial charge in [-0.15, -0.1) is 0 Å². The quantitative estimate of drug-likeness (QED) is 0.354. The van der Waals surface area contributed by atoms with E-state index < -0.39 is 24.9 Å². The molecule has 0 radical (unpaired) electrons. The SMILES string of the molecule is C=CSC(=NC)c1ccc(Oc2ccc(C(O)CC(N)(CO)CO)cc2)cc1.CC. The van der Waals surface area contributed by atoms with E-state index in [0.29, 0.717) is 17.1 Å². The van der Waals surface area contributed by atoms with Crippen molar-refractivity contribution >= 4 is 16.8 Å². The lowest BCUT2D eigenvalue weighted by Gasteiger charge is -2.27. The first-order valence-corrected chi connectivity index (χ1v) is 10.6. The minimum absolute atomic E-state index is 0.0473. The van der Waals surface area contributed by atoms with Crippen LogP contribution in [0.1, 0.15) is 37.5 Å². The molecular formula is C23H32N2O4S. The molecule has 0 saturated carbocycles. The lowest BCUT2D eigenvalue weighted by molar-refractivity contribution is 0.0618. The number of nitrogens with two attached hydrogens (primary N) is 1. The highest BCUT2D eigenvalue weighted by Crippen LogP contribution is 2.27. The summed E-state index contributed by atoms with van der Waals surface area (Å²) in [6.45, 7) is 6.89. The topological polar surface area (TPSA) is 108 Å². The van der Waals surface area contributed by atoms with Crippen molar-refractivity contribution in [1.82, 2.24) is 0 Å². The first-order chi connectivity index (χ1) is 14.4. The van der Waals surface area contributed by atoms with Crippen LogP contribution in [0.3, 0.4) is 0 Å². The van der Waals surface area contributed by atoms with Gasteiger partial charge in [-0.2, -0.15) is 0 Å². The normalized spacial score (nSPS) is 12.6. The number of aliphatic hydroxyl groups is 3. The average Bonchev–Trinajstić information content (AvgIpc) is 2.79. The van der Waals surface area contributed by atoms with E-state index in [1.807, 2.05) is 38.1 Å². The maximum atomic E-state index is 10.3. The van der Waals surface area contributed by atoms with Gasteiger partial charge in [0.2, 0.25) is 0 Å². The Morgan fingerprint density at radius 2 is 1.60 bits per heavy atom. The number of aliphatic hydroxyl groups excluding tert-OH is 3. The van der Waals surface area contributed by atoms with Crippen molar-refractivity contribution in [3.8, 4) is 11.5 Å². The summed E-state index contributed by atoms with van der Waals surface area (Å²) in [4.78, 5) is 4.23. The Kier molecular flexibility index (Phi) is 11.4. The van der Waals surface area contributed by atoms with Crippen LogP contribution < -0.4 is 10.5 Å². The number of ether oxygens (including phenoxy) is 1. The fraction of sp³-hybridized carbons (Fsp3) is 0.348. The molecule has 30 heavy (non-hydrogen) atoms. The van der Waals surface area contributed by atoms with Crippen molar-refractivity contribution in [3.05, 3.63) is 71.6 Å². The molecule has 0 heterocycles. The summed E-state index contributed by atoms with van der Waals surface area (Å²) in [5.41, 5.74) is 6.22. The van der Waals surface area contributed by atoms with Gasteiger partial charge < -0.3 is 25.8 Å². The first kappa shape index (κ1) is 25.9. The molecule has 7 heteroatoms. The van der Waals surface area contributed by atoms with Gasteiger partial charge in [-0.3, -0.25) is 4.99 Å². The van der Waals surface area contributed by atoms with Gasteiger partial charge in [0.1, 0.15) is 16.5 Å². The molecule has 0 aromatic heterocycles. The lowest BCUT2D eigenvalue weighted by Crippen LogP contribution is -2.48. The van der Waals surface area contributed by atoms with E-state index >= 15 is 0 Å². The third-order valence-electron chi connectivity index (χ3n) is 4.23. The highest BCUT2D eigenvalue weighted by molar-refractivity contribution is 8.16. The number of nitrogens with zero attached hydrogens (tertiary/aromatic N) is 1. The summed E-state index contributed by atoms with van der Waals surface area (Å²) in [6, 6.07) is 14.5. The third kappa shape index (κ3) is 7.59. The van der Waals surface area contributed by atoms with E-state index in [4.69, 9.17) is 10.5 Å². The molecule has 1 atom stereocenters. The molecule has 0 amide bonds. The van der Waals surface area contributed by atoms with E-state index in [0.717, 1.165) is 10.6 Å². The minimum Gasteiger partial charge on any atom is -0.457 e. The van der Waals surface area contributed by atoms with Crippen LogP contribution in [0.25, 0.3) is 0 Å². The summed E-state index contributed by atoms with van der Waals surface area (Å²) >= 11 is 1.46. The molecule has 5 N–H and O–H groups in total. The van der Waals surface area contributed by atoms with Gasteiger partial charge in [-0.1, -0.05) is 44.3 Å². The second-order valence-electron chi connectivity index (χ2n) is 6.41. The van der Waals surface area contributed by atoms with Crippen LogP contribution in [0.2, 0.25) is 0 Å². The van der Waals surface area contributed by atoms with Crippen LogP contribution in [0.4, 0.5) is 0 Å². The number of hydrogen-bond donors (Lipinski definition) is 4. The van der Waals surface area contributed by atoms with E-state index in [9.17, 15) is 15.3 Å². The maximum absolute atomic E-state index is 10.3. The Morgan fingerprint density at radius 1 is 1.10 bits per heavy atom. The highest BCUT2D eigenvalue weighted by atomic mass is 32.2. The van der Waals surface area contributed by atoms with Crippen molar-refractivity contribution in [3.63, 3.8) is 0 Å². The van der Waals surface area contributed by atoms with Crippen molar-refractivity contribution in [2.45, 2.75) is 31.9 Å². The van der Waals surface area contributed by atoms with Gasteiger partial charge in [0.15, 0.2) is 0 Å². The van der Waals surface area contributed by atoms with E-state index in [1.54, 1.807) is 36.7 Å². The van der Waals surface area contributed by atoms with Crippen LogP contribution in [0.15, 0.2) is 65.5 Å². The van der Waals surface area contributed by atoms with Crippen molar-refractivity contribution in [2.24, 2.45) is 10.7 Å². The molecule has 1 unspecified atom stereocenters. The van der Waals surface area contributed by atoms with Crippen LogP contribution in [0, 0.1) is 0 Å². The van der Waals surface area contributed by atoms with Crippen molar-refractivity contribution < 1.29 is 20.1 Å². The van der Waals surface area contributed by atoms with Crippen LogP contribution in [-0.4, -0.2) is 46.2 Å². The van der Waals surface area contributed by atoms with Gasteiger partial charge in [-0.05, 0) is 53.8 Å². The van der Waals surface area contributed by atoms with Gasteiger partial charge in [0, 0.05) is 12.6 Å². The Morgan fingerprint density at radius 3 is 2.03 bits per heavy atom. The average molecular weight is 433 g/mol. The molecule has 0 aliphatic heterocycles. The van der Waals surface area contributed by atoms with Gasteiger partial charge in [-0.25, -0.2) is 0 Å². The van der Waals surface area contributed by atoms with Crippen molar-refractivity contribution in [1.29, 1.82) is 0 Å². The zero-order valence-corrected chi connectivity index (χ0v) is 18.6. The first-order valence-electron chi connectivity index (χ1n) is 9.76. The molecule has 0 spiro atoms. The molecule has 0 bridgehead atoms. The third-order valence-corrected chi connectivity index (χ3v) is 5.04. The number of thioether (sulfide) groups is 1. The van der Waals surface area contributed by atoms with E-state index in [2.05, 4.69) is 11.6 Å². The van der Waals surface area contributed by atoms with Gasteiger partial charge >= 0.3 is 0 Å². The monoisotopic (exact) mass is 432 g/mol. The summed E-state index contributed by atoms with van der Waals surface area (Å²) < 4.78 is 5.83. The molecule has 2 rings (SSSR count). The fourth-order valence-corrected chi connectivity index (χ4v) is 3.11. The Labute approximate surface area is 183 Å².